The summed E-state index contributed by atoms with van der Waals surface area (Å²) >= 11 is 0. The number of benzene rings is 2. The van der Waals surface area contributed by atoms with E-state index >= 15 is 0 Å². The number of rotatable bonds is 5. The summed E-state index contributed by atoms with van der Waals surface area (Å²) in [5.74, 6) is 0.917. The molecule has 0 unspecified atom stereocenters. The molecule has 0 spiro atoms. The molecule has 0 atom stereocenters. The Bertz CT molecular complexity index is 494. The number of aryl methyl sites for hydroxylation is 2. The van der Waals surface area contributed by atoms with Crippen molar-refractivity contribution in [2.24, 2.45) is 0 Å². The Labute approximate surface area is 109 Å². The second kappa shape index (κ2) is 6.10. The van der Waals surface area contributed by atoms with Crippen LogP contribution >= 0.6 is 0 Å². The number of ether oxygens (including phenoxy) is 1. The molecule has 0 amide bonds. The van der Waals surface area contributed by atoms with E-state index in [0.29, 0.717) is 6.61 Å². The lowest BCUT2D eigenvalue weighted by Crippen LogP contribution is -2.12. The number of nitrogens with one attached hydrogen (secondary N) is 1. The first kappa shape index (κ1) is 12.5. The quantitative estimate of drug-likeness (QED) is 0.804. The zero-order chi connectivity index (χ0) is 12.8. The molecule has 0 aliphatic heterocycles. The monoisotopic (exact) mass is 241 g/mol. The third-order valence-electron chi connectivity index (χ3n) is 2.81. The highest BCUT2D eigenvalue weighted by molar-refractivity contribution is 5.51. The van der Waals surface area contributed by atoms with Crippen molar-refractivity contribution in [2.45, 2.75) is 13.8 Å². The zero-order valence-corrected chi connectivity index (χ0v) is 10.9. The van der Waals surface area contributed by atoms with Gasteiger partial charge in [0.05, 0.1) is 0 Å². The lowest BCUT2D eigenvalue weighted by atomic mass is 10.1. The summed E-state index contributed by atoms with van der Waals surface area (Å²) < 4.78 is 5.63. The van der Waals surface area contributed by atoms with Crippen LogP contribution in [0, 0.1) is 13.8 Å². The molecule has 2 rings (SSSR count). The smallest absolute Gasteiger partial charge is 0.119 e. The van der Waals surface area contributed by atoms with Gasteiger partial charge in [-0.05, 0) is 37.6 Å². The van der Waals surface area contributed by atoms with Crippen LogP contribution in [0.4, 0.5) is 5.69 Å². The van der Waals surface area contributed by atoms with Crippen molar-refractivity contribution >= 4 is 5.69 Å². The van der Waals surface area contributed by atoms with Crippen molar-refractivity contribution < 1.29 is 4.74 Å². The van der Waals surface area contributed by atoms with Crippen LogP contribution in [0.25, 0.3) is 0 Å². The SMILES string of the molecule is Cc1ccc(NCCOc2ccccc2)c(C)c1. The molecule has 94 valence electrons. The van der Waals surface area contributed by atoms with Crippen molar-refractivity contribution in [2.75, 3.05) is 18.5 Å². The average molecular weight is 241 g/mol. The molecule has 2 heteroatoms. The molecule has 1 N–H and O–H groups in total. The van der Waals surface area contributed by atoms with Gasteiger partial charge in [-0.15, -0.1) is 0 Å². The molecule has 2 aromatic rings. The molecule has 2 aromatic carbocycles. The Morgan fingerprint density at radius 1 is 1.00 bits per heavy atom. The van der Waals surface area contributed by atoms with E-state index in [1.807, 2.05) is 30.3 Å². The first-order valence-electron chi connectivity index (χ1n) is 6.25. The van der Waals surface area contributed by atoms with Gasteiger partial charge in [0, 0.05) is 12.2 Å². The Kier molecular flexibility index (Phi) is 4.24. The van der Waals surface area contributed by atoms with Crippen molar-refractivity contribution in [3.8, 4) is 5.75 Å². The summed E-state index contributed by atoms with van der Waals surface area (Å²) in [5, 5.41) is 3.39. The summed E-state index contributed by atoms with van der Waals surface area (Å²) in [6, 6.07) is 16.3. The first-order chi connectivity index (χ1) is 8.75. The minimum atomic E-state index is 0.664. The largest absolute Gasteiger partial charge is 0.492 e. The fraction of sp³-hybridized carbons (Fsp3) is 0.250. The van der Waals surface area contributed by atoms with Gasteiger partial charge in [-0.1, -0.05) is 35.9 Å². The molecule has 0 bridgehead atoms. The van der Waals surface area contributed by atoms with E-state index in [0.717, 1.165) is 12.3 Å². The molecular formula is C16H19NO. The molecule has 0 aliphatic rings. The van der Waals surface area contributed by atoms with E-state index in [9.17, 15) is 0 Å². The van der Waals surface area contributed by atoms with E-state index < -0.39 is 0 Å². The molecule has 18 heavy (non-hydrogen) atoms. The molecule has 0 aliphatic carbocycles. The molecule has 0 saturated carbocycles. The predicted molar refractivity (Wildman–Crippen MR) is 76.3 cm³/mol. The summed E-state index contributed by atoms with van der Waals surface area (Å²) in [7, 11) is 0. The summed E-state index contributed by atoms with van der Waals surface area (Å²) in [6.45, 7) is 5.69. The molecule has 0 saturated heterocycles. The summed E-state index contributed by atoms with van der Waals surface area (Å²) in [5.41, 5.74) is 3.74. The van der Waals surface area contributed by atoms with Crippen LogP contribution in [0.2, 0.25) is 0 Å². The summed E-state index contributed by atoms with van der Waals surface area (Å²) in [4.78, 5) is 0. The van der Waals surface area contributed by atoms with Crippen LogP contribution in [0.5, 0.6) is 5.75 Å². The maximum atomic E-state index is 5.63. The average Bonchev–Trinajstić information content (AvgIpc) is 2.38. The van der Waals surface area contributed by atoms with Gasteiger partial charge >= 0.3 is 0 Å². The minimum Gasteiger partial charge on any atom is -0.492 e. The Morgan fingerprint density at radius 2 is 1.78 bits per heavy atom. The fourth-order valence-electron chi connectivity index (χ4n) is 1.88. The molecule has 0 aromatic heterocycles. The number of hydrogen-bond donors (Lipinski definition) is 1. The maximum absolute atomic E-state index is 5.63. The number of anilines is 1. The molecule has 0 heterocycles. The molecular weight excluding hydrogens is 222 g/mol. The topological polar surface area (TPSA) is 21.3 Å². The van der Waals surface area contributed by atoms with E-state index in [-0.39, 0.29) is 0 Å². The van der Waals surface area contributed by atoms with Gasteiger partial charge in [0.25, 0.3) is 0 Å². The van der Waals surface area contributed by atoms with Gasteiger partial charge in [0.1, 0.15) is 12.4 Å². The minimum absolute atomic E-state index is 0.664. The maximum Gasteiger partial charge on any atom is 0.119 e. The normalized spacial score (nSPS) is 10.1. The lowest BCUT2D eigenvalue weighted by molar-refractivity contribution is 0.333. The Balaban J connectivity index is 1.79. The van der Waals surface area contributed by atoms with Gasteiger partial charge in [-0.3, -0.25) is 0 Å². The third-order valence-corrected chi connectivity index (χ3v) is 2.81. The molecule has 0 radical (unpaired) electrons. The highest BCUT2D eigenvalue weighted by Crippen LogP contribution is 2.15. The van der Waals surface area contributed by atoms with Gasteiger partial charge in [-0.25, -0.2) is 0 Å². The van der Waals surface area contributed by atoms with E-state index in [2.05, 4.69) is 37.4 Å². The van der Waals surface area contributed by atoms with Crippen LogP contribution < -0.4 is 10.1 Å². The molecule has 0 fully saturated rings. The van der Waals surface area contributed by atoms with Gasteiger partial charge in [-0.2, -0.15) is 0 Å². The lowest BCUT2D eigenvalue weighted by Gasteiger charge is -2.11. The van der Waals surface area contributed by atoms with Crippen molar-refractivity contribution in [3.05, 3.63) is 59.7 Å². The van der Waals surface area contributed by atoms with Crippen molar-refractivity contribution in [1.29, 1.82) is 0 Å². The number of para-hydroxylation sites is 1. The highest BCUT2D eigenvalue weighted by Gasteiger charge is 1.97. The Hall–Kier alpha value is -1.96. The van der Waals surface area contributed by atoms with Gasteiger partial charge in [0.2, 0.25) is 0 Å². The van der Waals surface area contributed by atoms with Crippen LogP contribution in [0.3, 0.4) is 0 Å². The zero-order valence-electron chi connectivity index (χ0n) is 10.9. The first-order valence-corrected chi connectivity index (χ1v) is 6.25. The van der Waals surface area contributed by atoms with E-state index in [1.54, 1.807) is 0 Å². The van der Waals surface area contributed by atoms with Crippen LogP contribution in [0.1, 0.15) is 11.1 Å². The van der Waals surface area contributed by atoms with Crippen LogP contribution in [-0.4, -0.2) is 13.2 Å². The molecule has 2 nitrogen and oxygen atoms in total. The standard InChI is InChI=1S/C16H19NO/c1-13-8-9-16(14(2)12-13)17-10-11-18-15-6-4-3-5-7-15/h3-9,12,17H,10-11H2,1-2H3. The summed E-state index contributed by atoms with van der Waals surface area (Å²) in [6.07, 6.45) is 0. The van der Waals surface area contributed by atoms with E-state index in [4.69, 9.17) is 4.74 Å². The predicted octanol–water partition coefficient (Wildman–Crippen LogP) is 3.79. The fourth-order valence-corrected chi connectivity index (χ4v) is 1.88. The highest BCUT2D eigenvalue weighted by atomic mass is 16.5. The van der Waals surface area contributed by atoms with Gasteiger partial charge < -0.3 is 10.1 Å². The Morgan fingerprint density at radius 3 is 2.50 bits per heavy atom. The number of hydrogen-bond acceptors (Lipinski definition) is 2. The third kappa shape index (κ3) is 3.52. The van der Waals surface area contributed by atoms with Crippen molar-refractivity contribution in [3.63, 3.8) is 0 Å². The van der Waals surface area contributed by atoms with Crippen LogP contribution in [-0.2, 0) is 0 Å². The van der Waals surface area contributed by atoms with Crippen molar-refractivity contribution in [1.82, 2.24) is 0 Å². The van der Waals surface area contributed by atoms with E-state index in [1.165, 1.54) is 16.8 Å². The second-order valence-corrected chi connectivity index (χ2v) is 4.41. The van der Waals surface area contributed by atoms with Gasteiger partial charge in [0.15, 0.2) is 0 Å². The second-order valence-electron chi connectivity index (χ2n) is 4.41. The van der Waals surface area contributed by atoms with Crippen LogP contribution in [0.15, 0.2) is 48.5 Å².